The molecule has 3 aromatic heterocycles. The number of fused-ring (bicyclic) bond motifs is 2. The molecule has 4 heterocycles. The molecule has 0 spiro atoms. The maximum absolute atomic E-state index is 4.76. The summed E-state index contributed by atoms with van der Waals surface area (Å²) in [5.41, 5.74) is 4.43. The van der Waals surface area contributed by atoms with Gasteiger partial charge in [-0.3, -0.25) is 14.3 Å². The van der Waals surface area contributed by atoms with E-state index in [0.717, 1.165) is 41.3 Å². The van der Waals surface area contributed by atoms with Gasteiger partial charge in [0.15, 0.2) is 4.96 Å². The van der Waals surface area contributed by atoms with Gasteiger partial charge in [-0.2, -0.15) is 0 Å². The van der Waals surface area contributed by atoms with Crippen molar-refractivity contribution in [2.75, 3.05) is 13.1 Å². The average molecular weight is 349 g/mol. The second kappa shape index (κ2) is 6.20. The van der Waals surface area contributed by atoms with E-state index in [2.05, 4.69) is 30.8 Å². The van der Waals surface area contributed by atoms with Crippen LogP contribution in [-0.2, 0) is 6.54 Å². The Kier molecular flexibility index (Phi) is 3.72. The van der Waals surface area contributed by atoms with Crippen LogP contribution in [0, 0.1) is 0 Å². The normalized spacial score (nSPS) is 16.8. The third-order valence-electron chi connectivity index (χ3n) is 5.06. The molecule has 25 heavy (non-hydrogen) atoms. The summed E-state index contributed by atoms with van der Waals surface area (Å²) in [4.78, 5) is 17.3. The number of rotatable bonds is 3. The Bertz CT molecular complexity index is 1010. The molecule has 0 atom stereocenters. The SMILES string of the molecule is c1ccc2nc(CN3CCC(c4csc5nccn45)CC3)cnc2c1. The molecule has 0 aliphatic carbocycles. The van der Waals surface area contributed by atoms with E-state index in [1.54, 1.807) is 11.3 Å². The zero-order chi connectivity index (χ0) is 16.6. The summed E-state index contributed by atoms with van der Waals surface area (Å²) < 4.78 is 2.25. The number of imidazole rings is 1. The summed E-state index contributed by atoms with van der Waals surface area (Å²) in [7, 11) is 0. The molecule has 0 amide bonds. The molecule has 5 nitrogen and oxygen atoms in total. The van der Waals surface area contributed by atoms with E-state index in [1.165, 1.54) is 18.5 Å². The molecule has 126 valence electrons. The lowest BCUT2D eigenvalue weighted by molar-refractivity contribution is 0.201. The highest BCUT2D eigenvalue weighted by molar-refractivity contribution is 7.15. The number of likely N-dealkylation sites (tertiary alicyclic amines) is 1. The molecular formula is C19H19N5S. The molecule has 0 radical (unpaired) electrons. The topological polar surface area (TPSA) is 46.3 Å². The van der Waals surface area contributed by atoms with E-state index in [1.807, 2.05) is 36.7 Å². The number of para-hydroxylation sites is 2. The van der Waals surface area contributed by atoms with E-state index in [0.29, 0.717) is 5.92 Å². The lowest BCUT2D eigenvalue weighted by Crippen LogP contribution is -2.33. The fourth-order valence-electron chi connectivity index (χ4n) is 3.72. The van der Waals surface area contributed by atoms with Crippen LogP contribution in [0.1, 0.15) is 30.1 Å². The summed E-state index contributed by atoms with van der Waals surface area (Å²) in [6, 6.07) is 8.06. The van der Waals surface area contributed by atoms with Crippen LogP contribution in [0.25, 0.3) is 16.0 Å². The maximum atomic E-state index is 4.76. The molecule has 1 aliphatic heterocycles. The van der Waals surface area contributed by atoms with Gasteiger partial charge in [0.25, 0.3) is 0 Å². The first-order chi connectivity index (χ1) is 12.4. The lowest BCUT2D eigenvalue weighted by Gasteiger charge is -2.31. The predicted molar refractivity (Wildman–Crippen MR) is 99.9 cm³/mol. The van der Waals surface area contributed by atoms with E-state index in [-0.39, 0.29) is 0 Å². The Hall–Kier alpha value is -2.31. The standard InChI is InChI=1S/C19H19N5S/c1-2-4-17-16(3-1)21-11-15(22-17)12-23-8-5-14(6-9-23)18-13-25-19-20-7-10-24(18)19/h1-4,7,10-11,13-14H,5-6,8-9,12H2. The van der Waals surface area contributed by atoms with Gasteiger partial charge in [0.1, 0.15) is 0 Å². The molecule has 4 aromatic rings. The third kappa shape index (κ3) is 2.81. The summed E-state index contributed by atoms with van der Waals surface area (Å²) >= 11 is 1.74. The van der Waals surface area contributed by atoms with Gasteiger partial charge in [-0.05, 0) is 38.1 Å². The Labute approximate surface area is 150 Å². The Morgan fingerprint density at radius 1 is 1.08 bits per heavy atom. The van der Waals surface area contributed by atoms with Gasteiger partial charge in [0.05, 0.1) is 22.9 Å². The summed E-state index contributed by atoms with van der Waals surface area (Å²) in [5, 5.41) is 2.28. The van der Waals surface area contributed by atoms with Crippen LogP contribution in [0.5, 0.6) is 0 Å². The molecule has 1 saturated heterocycles. The van der Waals surface area contributed by atoms with Crippen LogP contribution in [0.15, 0.2) is 48.2 Å². The molecular weight excluding hydrogens is 330 g/mol. The van der Waals surface area contributed by atoms with Crippen LogP contribution < -0.4 is 0 Å². The second-order valence-corrected chi connectivity index (χ2v) is 7.48. The van der Waals surface area contributed by atoms with Crippen molar-refractivity contribution in [1.82, 2.24) is 24.3 Å². The fourth-order valence-corrected chi connectivity index (χ4v) is 4.66. The van der Waals surface area contributed by atoms with Crippen molar-refractivity contribution < 1.29 is 0 Å². The van der Waals surface area contributed by atoms with Gasteiger partial charge in [0.2, 0.25) is 0 Å². The first kappa shape index (κ1) is 15.0. The number of hydrogen-bond donors (Lipinski definition) is 0. The smallest absolute Gasteiger partial charge is 0.193 e. The minimum Gasteiger partial charge on any atom is -0.297 e. The highest BCUT2D eigenvalue weighted by Gasteiger charge is 2.23. The fraction of sp³-hybridized carbons (Fsp3) is 0.316. The zero-order valence-corrected chi connectivity index (χ0v) is 14.7. The van der Waals surface area contributed by atoms with Crippen LogP contribution >= 0.6 is 11.3 Å². The molecule has 0 N–H and O–H groups in total. The number of benzene rings is 1. The van der Waals surface area contributed by atoms with E-state index >= 15 is 0 Å². The van der Waals surface area contributed by atoms with Gasteiger partial charge >= 0.3 is 0 Å². The summed E-state index contributed by atoms with van der Waals surface area (Å²) in [6.07, 6.45) is 8.26. The van der Waals surface area contributed by atoms with Crippen LogP contribution in [0.3, 0.4) is 0 Å². The van der Waals surface area contributed by atoms with E-state index in [4.69, 9.17) is 4.98 Å². The van der Waals surface area contributed by atoms with Crippen molar-refractivity contribution in [2.24, 2.45) is 0 Å². The summed E-state index contributed by atoms with van der Waals surface area (Å²) in [5.74, 6) is 0.627. The molecule has 1 fully saturated rings. The maximum Gasteiger partial charge on any atom is 0.193 e. The van der Waals surface area contributed by atoms with Gasteiger partial charge in [-0.25, -0.2) is 9.97 Å². The highest BCUT2D eigenvalue weighted by Crippen LogP contribution is 2.31. The first-order valence-corrected chi connectivity index (χ1v) is 9.58. The van der Waals surface area contributed by atoms with E-state index in [9.17, 15) is 0 Å². The minimum absolute atomic E-state index is 0.627. The van der Waals surface area contributed by atoms with Crippen molar-refractivity contribution in [3.8, 4) is 0 Å². The third-order valence-corrected chi connectivity index (χ3v) is 5.93. The predicted octanol–water partition coefficient (Wildman–Crippen LogP) is 3.72. The van der Waals surface area contributed by atoms with Crippen LogP contribution in [-0.4, -0.2) is 37.3 Å². The Morgan fingerprint density at radius 2 is 1.92 bits per heavy atom. The van der Waals surface area contributed by atoms with Gasteiger partial charge in [-0.15, -0.1) is 11.3 Å². The van der Waals surface area contributed by atoms with Crippen molar-refractivity contribution in [3.63, 3.8) is 0 Å². The van der Waals surface area contributed by atoms with Crippen LogP contribution in [0.2, 0.25) is 0 Å². The first-order valence-electron chi connectivity index (χ1n) is 8.70. The molecule has 6 heteroatoms. The van der Waals surface area contributed by atoms with E-state index < -0.39 is 0 Å². The largest absolute Gasteiger partial charge is 0.297 e. The van der Waals surface area contributed by atoms with Gasteiger partial charge in [0, 0.05) is 35.9 Å². The van der Waals surface area contributed by atoms with Gasteiger partial charge < -0.3 is 0 Å². The van der Waals surface area contributed by atoms with Crippen LogP contribution in [0.4, 0.5) is 0 Å². The molecule has 0 unspecified atom stereocenters. The molecule has 1 aromatic carbocycles. The number of nitrogens with zero attached hydrogens (tertiary/aromatic N) is 5. The lowest BCUT2D eigenvalue weighted by atomic mass is 9.94. The average Bonchev–Trinajstić information content (AvgIpc) is 3.26. The van der Waals surface area contributed by atoms with Gasteiger partial charge in [-0.1, -0.05) is 12.1 Å². The molecule has 5 rings (SSSR count). The molecule has 0 bridgehead atoms. The molecule has 1 aliphatic rings. The van der Waals surface area contributed by atoms with Crippen molar-refractivity contribution in [3.05, 3.63) is 59.6 Å². The number of hydrogen-bond acceptors (Lipinski definition) is 5. The number of piperidine rings is 1. The Morgan fingerprint density at radius 3 is 2.80 bits per heavy atom. The minimum atomic E-state index is 0.627. The number of thiazole rings is 1. The van der Waals surface area contributed by atoms with Crippen molar-refractivity contribution in [1.29, 1.82) is 0 Å². The van der Waals surface area contributed by atoms with Crippen molar-refractivity contribution >= 4 is 27.3 Å². The van der Waals surface area contributed by atoms with Crippen molar-refractivity contribution in [2.45, 2.75) is 25.3 Å². The quantitative estimate of drug-likeness (QED) is 0.565. The highest BCUT2D eigenvalue weighted by atomic mass is 32.1. The zero-order valence-electron chi connectivity index (χ0n) is 13.9. The summed E-state index contributed by atoms with van der Waals surface area (Å²) in [6.45, 7) is 3.09. The monoisotopic (exact) mass is 349 g/mol. The second-order valence-electron chi connectivity index (χ2n) is 6.64. The Balaban J connectivity index is 1.27. The number of aromatic nitrogens is 4. The molecule has 0 saturated carbocycles.